The van der Waals surface area contributed by atoms with Gasteiger partial charge in [-0.05, 0) is 43.4 Å². The number of hydrogen-bond acceptors (Lipinski definition) is 4. The van der Waals surface area contributed by atoms with E-state index in [4.69, 9.17) is 4.74 Å². The summed E-state index contributed by atoms with van der Waals surface area (Å²) in [6, 6.07) is 7.00. The van der Waals surface area contributed by atoms with E-state index in [0.29, 0.717) is 30.8 Å². The second-order valence-corrected chi connectivity index (χ2v) is 7.03. The fourth-order valence-corrected chi connectivity index (χ4v) is 3.18. The number of nitrogens with zero attached hydrogens (tertiary/aromatic N) is 2. The van der Waals surface area contributed by atoms with Gasteiger partial charge in [0.25, 0.3) is 5.91 Å². The number of aliphatic hydroxyl groups is 1. The minimum atomic E-state index is -0.290. The zero-order valence-electron chi connectivity index (χ0n) is 15.2. The molecule has 1 aliphatic carbocycles. The Bertz CT molecular complexity index is 793. The van der Waals surface area contributed by atoms with E-state index in [1.165, 1.54) is 0 Å². The van der Waals surface area contributed by atoms with E-state index in [9.17, 15) is 9.90 Å². The van der Waals surface area contributed by atoms with Crippen molar-refractivity contribution in [3.8, 4) is 5.75 Å². The quantitative estimate of drug-likeness (QED) is 0.749. The third-order valence-electron chi connectivity index (χ3n) is 4.60. The van der Waals surface area contributed by atoms with Crippen molar-refractivity contribution in [3.63, 3.8) is 0 Å². The van der Waals surface area contributed by atoms with Crippen molar-refractivity contribution in [2.45, 2.75) is 31.9 Å². The minimum absolute atomic E-state index is 0.186. The number of hydrogen-bond donors (Lipinski definition) is 2. The molecule has 2 N–H and O–H groups in total. The third kappa shape index (κ3) is 4.14. The molecule has 0 aliphatic heterocycles. The summed E-state index contributed by atoms with van der Waals surface area (Å²) in [5.74, 6) is 0.533. The molecule has 1 fully saturated rings. The van der Waals surface area contributed by atoms with Gasteiger partial charge < -0.3 is 15.2 Å². The topological polar surface area (TPSA) is 76.4 Å². The van der Waals surface area contributed by atoms with Crippen LogP contribution >= 0.6 is 0 Å². The summed E-state index contributed by atoms with van der Waals surface area (Å²) in [6.45, 7) is 6.07. The van der Waals surface area contributed by atoms with Gasteiger partial charge in [0.05, 0.1) is 23.9 Å². The number of rotatable bonds is 7. The molecule has 0 radical (unpaired) electrons. The van der Waals surface area contributed by atoms with Crippen molar-refractivity contribution in [1.82, 2.24) is 15.1 Å². The van der Waals surface area contributed by atoms with Crippen molar-refractivity contribution in [2.75, 3.05) is 6.61 Å². The number of aliphatic hydroxyl groups excluding tert-OH is 1. The third-order valence-corrected chi connectivity index (χ3v) is 4.60. The van der Waals surface area contributed by atoms with E-state index >= 15 is 0 Å². The van der Waals surface area contributed by atoms with Gasteiger partial charge >= 0.3 is 0 Å². The zero-order valence-corrected chi connectivity index (χ0v) is 15.2. The van der Waals surface area contributed by atoms with Gasteiger partial charge in [0, 0.05) is 18.8 Å². The highest BCUT2D eigenvalue weighted by Gasteiger charge is 2.36. The van der Waals surface area contributed by atoms with Gasteiger partial charge in [-0.1, -0.05) is 18.7 Å². The zero-order chi connectivity index (χ0) is 18.7. The van der Waals surface area contributed by atoms with Crippen LogP contribution in [0, 0.1) is 5.92 Å². The lowest BCUT2D eigenvalue weighted by Gasteiger charge is -2.37. The summed E-state index contributed by atoms with van der Waals surface area (Å²) < 4.78 is 7.43. The Labute approximate surface area is 153 Å². The molecule has 1 aliphatic rings. The first-order valence-electron chi connectivity index (χ1n) is 8.77. The maximum Gasteiger partial charge on any atom is 0.255 e. The van der Waals surface area contributed by atoms with Gasteiger partial charge in [0.2, 0.25) is 0 Å². The molecule has 138 valence electrons. The molecule has 2 aromatic rings. The monoisotopic (exact) mass is 355 g/mol. The molecule has 1 atom stereocenters. The van der Waals surface area contributed by atoms with Crippen LogP contribution in [0.1, 0.15) is 41.7 Å². The second-order valence-electron chi connectivity index (χ2n) is 7.03. The normalized spacial score (nSPS) is 20.1. The smallest absolute Gasteiger partial charge is 0.255 e. The maximum atomic E-state index is 12.9. The highest BCUT2D eigenvalue weighted by atomic mass is 16.5. The molecular weight excluding hydrogens is 330 g/mol. The van der Waals surface area contributed by atoms with Gasteiger partial charge in [0.1, 0.15) is 12.4 Å². The number of aryl methyl sites for hydroxylation is 1. The van der Waals surface area contributed by atoms with Crippen molar-refractivity contribution < 1.29 is 14.6 Å². The highest BCUT2D eigenvalue weighted by molar-refractivity contribution is 5.97. The number of nitrogens with one attached hydrogen (secondary N) is 1. The lowest BCUT2D eigenvalue weighted by atomic mass is 9.75. The van der Waals surface area contributed by atoms with Gasteiger partial charge in [-0.3, -0.25) is 9.48 Å². The molecule has 3 rings (SSSR count). The van der Waals surface area contributed by atoms with Gasteiger partial charge in [-0.25, -0.2) is 0 Å². The molecule has 1 amide bonds. The molecule has 0 saturated heterocycles. The first kappa shape index (κ1) is 18.2. The molecule has 1 saturated carbocycles. The SMILES string of the molecule is C=C(C)COc1ccccc1C(=O)N[C@@H](c1cnn(C)c1)C1CC(O)C1. The van der Waals surface area contributed by atoms with Crippen LogP contribution in [0.25, 0.3) is 0 Å². The molecule has 1 aromatic carbocycles. The van der Waals surface area contributed by atoms with Gasteiger partial charge in [-0.2, -0.15) is 5.10 Å². The molecule has 1 aromatic heterocycles. The van der Waals surface area contributed by atoms with Gasteiger partial charge in [-0.15, -0.1) is 0 Å². The second kappa shape index (κ2) is 7.74. The van der Waals surface area contributed by atoms with Crippen LogP contribution in [-0.2, 0) is 7.05 Å². The number of benzene rings is 1. The Morgan fingerprint density at radius 2 is 2.19 bits per heavy atom. The standard InChI is InChI=1S/C20H25N3O3/c1-13(2)12-26-18-7-5-4-6-17(18)20(25)22-19(14-8-16(24)9-14)15-10-21-23(3)11-15/h4-7,10-11,14,16,19,24H,1,8-9,12H2,2-3H3,(H,22,25)/t14?,16?,19-/m1/s1. The largest absolute Gasteiger partial charge is 0.488 e. The van der Waals surface area contributed by atoms with Crippen LogP contribution in [0.2, 0.25) is 0 Å². The average molecular weight is 355 g/mol. The van der Waals surface area contributed by atoms with Crippen LogP contribution in [0.5, 0.6) is 5.75 Å². The number of para-hydroxylation sites is 1. The molecule has 0 unspecified atom stereocenters. The Morgan fingerprint density at radius 3 is 2.81 bits per heavy atom. The lowest BCUT2D eigenvalue weighted by molar-refractivity contribution is 0.0235. The molecule has 0 spiro atoms. The molecule has 26 heavy (non-hydrogen) atoms. The van der Waals surface area contributed by atoms with Crippen LogP contribution in [-0.4, -0.2) is 33.5 Å². The Morgan fingerprint density at radius 1 is 1.46 bits per heavy atom. The van der Waals surface area contributed by atoms with Crippen molar-refractivity contribution in [3.05, 3.63) is 59.9 Å². The summed E-state index contributed by atoms with van der Waals surface area (Å²) in [7, 11) is 1.85. The van der Waals surface area contributed by atoms with E-state index in [-0.39, 0.29) is 24.0 Å². The molecule has 0 bridgehead atoms. The predicted molar refractivity (Wildman–Crippen MR) is 98.9 cm³/mol. The van der Waals surface area contributed by atoms with Crippen LogP contribution < -0.4 is 10.1 Å². The van der Waals surface area contributed by atoms with Crippen molar-refractivity contribution in [1.29, 1.82) is 0 Å². The highest BCUT2D eigenvalue weighted by Crippen LogP contribution is 2.38. The average Bonchev–Trinajstić information content (AvgIpc) is 3.01. The number of ether oxygens (including phenoxy) is 1. The van der Waals surface area contributed by atoms with E-state index in [1.54, 1.807) is 23.0 Å². The fourth-order valence-electron chi connectivity index (χ4n) is 3.18. The van der Waals surface area contributed by atoms with Crippen LogP contribution in [0.4, 0.5) is 0 Å². The van der Waals surface area contributed by atoms with Crippen molar-refractivity contribution in [2.24, 2.45) is 13.0 Å². The van der Waals surface area contributed by atoms with Crippen LogP contribution in [0.3, 0.4) is 0 Å². The van der Waals surface area contributed by atoms with Crippen LogP contribution in [0.15, 0.2) is 48.8 Å². The molecule has 6 heteroatoms. The van der Waals surface area contributed by atoms with Gasteiger partial charge in [0.15, 0.2) is 0 Å². The van der Waals surface area contributed by atoms with E-state index < -0.39 is 0 Å². The summed E-state index contributed by atoms with van der Waals surface area (Å²) >= 11 is 0. The summed E-state index contributed by atoms with van der Waals surface area (Å²) in [5.41, 5.74) is 2.32. The first-order chi connectivity index (χ1) is 12.4. The van der Waals surface area contributed by atoms with E-state index in [1.807, 2.05) is 32.3 Å². The van der Waals surface area contributed by atoms with E-state index in [0.717, 1.165) is 11.1 Å². The fraction of sp³-hybridized carbons (Fsp3) is 0.400. The number of carbonyl (C=O) groups excluding carboxylic acids is 1. The Balaban J connectivity index is 1.79. The molecular formula is C20H25N3O3. The summed E-state index contributed by atoms with van der Waals surface area (Å²) in [4.78, 5) is 12.9. The van der Waals surface area contributed by atoms with E-state index in [2.05, 4.69) is 17.0 Å². The lowest BCUT2D eigenvalue weighted by Crippen LogP contribution is -2.41. The number of amides is 1. The maximum absolute atomic E-state index is 12.9. The molecule has 1 heterocycles. The number of carbonyl (C=O) groups is 1. The predicted octanol–water partition coefficient (Wildman–Crippen LogP) is 2.62. The molecule has 6 nitrogen and oxygen atoms in total. The first-order valence-corrected chi connectivity index (χ1v) is 8.77. The number of aromatic nitrogens is 2. The summed E-state index contributed by atoms with van der Waals surface area (Å²) in [6.07, 6.45) is 4.72. The van der Waals surface area contributed by atoms with Crippen molar-refractivity contribution >= 4 is 5.91 Å². The summed E-state index contributed by atoms with van der Waals surface area (Å²) in [5, 5.41) is 17.0. The Kier molecular flexibility index (Phi) is 5.42. The minimum Gasteiger partial charge on any atom is -0.488 e. The Hall–Kier alpha value is -2.60.